The van der Waals surface area contributed by atoms with Gasteiger partial charge in [0.05, 0.1) is 18.2 Å². The molecule has 1 amide bonds. The van der Waals surface area contributed by atoms with Crippen LogP contribution in [0.3, 0.4) is 0 Å². The first kappa shape index (κ1) is 15.1. The zero-order valence-electron chi connectivity index (χ0n) is 14.1. The van der Waals surface area contributed by atoms with Crippen LogP contribution in [-0.2, 0) is 16.6 Å². The Morgan fingerprint density at radius 1 is 1.48 bits per heavy atom. The first-order valence-electron chi connectivity index (χ1n) is 8.59. The summed E-state index contributed by atoms with van der Waals surface area (Å²) < 4.78 is 7.63. The molecule has 6 nitrogen and oxygen atoms in total. The lowest BCUT2D eigenvalue weighted by molar-refractivity contribution is -0.140. The van der Waals surface area contributed by atoms with E-state index in [1.54, 1.807) is 4.68 Å². The number of amides is 1. The third-order valence-corrected chi connectivity index (χ3v) is 6.10. The molecule has 1 saturated carbocycles. The molecule has 1 aliphatic carbocycles. The summed E-state index contributed by atoms with van der Waals surface area (Å²) in [6.45, 7) is 6.82. The third kappa shape index (κ3) is 2.31. The molecule has 5 atom stereocenters. The second-order valence-corrected chi connectivity index (χ2v) is 7.87. The Hall–Kier alpha value is -1.40. The standard InChI is InChI=1S/C17H26N4O2/c1-17(2)14(11-4-5-23-15(11)17)20-16(22)13-8-18-7-12(13)10-6-19-21(3)9-10/h6,9,11-15,18H,4-5,7-8H2,1-3H3,(H,20,22)/t11?,12-,13+,14?,15?/m1/s1. The molecule has 3 heterocycles. The fourth-order valence-electron chi connectivity index (χ4n) is 4.81. The van der Waals surface area contributed by atoms with Crippen LogP contribution in [0.1, 0.15) is 31.7 Å². The molecule has 0 radical (unpaired) electrons. The van der Waals surface area contributed by atoms with Gasteiger partial charge in [-0.3, -0.25) is 9.48 Å². The summed E-state index contributed by atoms with van der Waals surface area (Å²) >= 11 is 0. The Kier molecular flexibility index (Phi) is 3.50. The van der Waals surface area contributed by atoms with Crippen molar-refractivity contribution in [1.82, 2.24) is 20.4 Å². The van der Waals surface area contributed by atoms with E-state index in [2.05, 4.69) is 29.6 Å². The molecule has 6 heteroatoms. The van der Waals surface area contributed by atoms with Gasteiger partial charge in [0, 0.05) is 56.2 Å². The number of rotatable bonds is 3. The van der Waals surface area contributed by atoms with Gasteiger partial charge in [0.15, 0.2) is 0 Å². The average molecular weight is 318 g/mol. The second-order valence-electron chi connectivity index (χ2n) is 7.87. The highest BCUT2D eigenvalue weighted by molar-refractivity contribution is 5.81. The van der Waals surface area contributed by atoms with Crippen molar-refractivity contribution in [2.24, 2.45) is 24.3 Å². The summed E-state index contributed by atoms with van der Waals surface area (Å²) in [5, 5.41) is 11.0. The summed E-state index contributed by atoms with van der Waals surface area (Å²) in [7, 11) is 1.91. The van der Waals surface area contributed by atoms with Crippen molar-refractivity contribution in [3.8, 4) is 0 Å². The van der Waals surface area contributed by atoms with Gasteiger partial charge < -0.3 is 15.4 Å². The highest BCUT2D eigenvalue weighted by Crippen LogP contribution is 2.52. The molecule has 0 bridgehead atoms. The molecule has 2 aliphatic heterocycles. The molecule has 0 aromatic carbocycles. The van der Waals surface area contributed by atoms with Crippen LogP contribution in [0.4, 0.5) is 0 Å². The molecular formula is C17H26N4O2. The normalized spacial score (nSPS) is 38.1. The molecular weight excluding hydrogens is 292 g/mol. The van der Waals surface area contributed by atoms with E-state index in [-0.39, 0.29) is 29.2 Å². The summed E-state index contributed by atoms with van der Waals surface area (Å²) in [6.07, 6.45) is 5.27. The lowest BCUT2D eigenvalue weighted by Crippen LogP contribution is -2.67. The maximum atomic E-state index is 12.9. The molecule has 3 aliphatic rings. The molecule has 1 aromatic heterocycles. The minimum Gasteiger partial charge on any atom is -0.377 e. The first-order valence-corrected chi connectivity index (χ1v) is 8.59. The van der Waals surface area contributed by atoms with Gasteiger partial charge in [-0.05, 0) is 12.0 Å². The van der Waals surface area contributed by atoms with Gasteiger partial charge in [-0.1, -0.05) is 13.8 Å². The Morgan fingerprint density at radius 3 is 3.04 bits per heavy atom. The topological polar surface area (TPSA) is 68.2 Å². The van der Waals surface area contributed by atoms with Crippen LogP contribution >= 0.6 is 0 Å². The predicted molar refractivity (Wildman–Crippen MR) is 85.9 cm³/mol. The number of fused-ring (bicyclic) bond motifs is 1. The van der Waals surface area contributed by atoms with Gasteiger partial charge in [0.25, 0.3) is 0 Å². The summed E-state index contributed by atoms with van der Waals surface area (Å²) in [6, 6.07) is 0.234. The van der Waals surface area contributed by atoms with Crippen molar-refractivity contribution in [3.63, 3.8) is 0 Å². The van der Waals surface area contributed by atoms with E-state index in [4.69, 9.17) is 4.74 Å². The Bertz CT molecular complexity index is 611. The van der Waals surface area contributed by atoms with Gasteiger partial charge in [-0.2, -0.15) is 5.10 Å². The van der Waals surface area contributed by atoms with E-state index in [0.717, 1.165) is 31.7 Å². The summed E-state index contributed by atoms with van der Waals surface area (Å²) in [5.41, 5.74) is 1.18. The zero-order valence-corrected chi connectivity index (χ0v) is 14.1. The SMILES string of the molecule is Cn1cc([C@H]2CNC[C@@H]2C(=O)NC2C3CCOC3C2(C)C)cn1. The van der Waals surface area contributed by atoms with Gasteiger partial charge in [0.1, 0.15) is 0 Å². The largest absolute Gasteiger partial charge is 0.377 e. The maximum Gasteiger partial charge on any atom is 0.225 e. The van der Waals surface area contributed by atoms with Crippen molar-refractivity contribution < 1.29 is 9.53 Å². The van der Waals surface area contributed by atoms with Crippen LogP contribution in [0.2, 0.25) is 0 Å². The van der Waals surface area contributed by atoms with Gasteiger partial charge in [0.2, 0.25) is 5.91 Å². The maximum absolute atomic E-state index is 12.9. The lowest BCUT2D eigenvalue weighted by atomic mass is 9.57. The van der Waals surface area contributed by atoms with Crippen LogP contribution < -0.4 is 10.6 Å². The Morgan fingerprint density at radius 2 is 2.30 bits per heavy atom. The van der Waals surface area contributed by atoms with Gasteiger partial charge in [-0.15, -0.1) is 0 Å². The van der Waals surface area contributed by atoms with E-state index >= 15 is 0 Å². The first-order chi connectivity index (χ1) is 11.0. The van der Waals surface area contributed by atoms with Gasteiger partial charge >= 0.3 is 0 Å². The number of aryl methyl sites for hydroxylation is 1. The summed E-state index contributed by atoms with van der Waals surface area (Å²) in [5.74, 6) is 0.853. The van der Waals surface area contributed by atoms with Crippen LogP contribution in [-0.4, -0.2) is 47.5 Å². The van der Waals surface area contributed by atoms with Crippen LogP contribution in [0.15, 0.2) is 12.4 Å². The number of carbonyl (C=O) groups is 1. The molecule has 4 rings (SSSR count). The second kappa shape index (κ2) is 5.31. The predicted octanol–water partition coefficient (Wildman–Crippen LogP) is 0.653. The van der Waals surface area contributed by atoms with Crippen LogP contribution in [0, 0.1) is 17.3 Å². The fraction of sp³-hybridized carbons (Fsp3) is 0.765. The van der Waals surface area contributed by atoms with Crippen molar-refractivity contribution in [2.45, 2.75) is 38.3 Å². The van der Waals surface area contributed by atoms with Crippen molar-refractivity contribution in [1.29, 1.82) is 0 Å². The van der Waals surface area contributed by atoms with Crippen LogP contribution in [0.25, 0.3) is 0 Å². The van der Waals surface area contributed by atoms with Gasteiger partial charge in [-0.25, -0.2) is 0 Å². The quantitative estimate of drug-likeness (QED) is 0.859. The number of ether oxygens (including phenoxy) is 1. The van der Waals surface area contributed by atoms with Crippen molar-refractivity contribution in [3.05, 3.63) is 18.0 Å². The molecule has 2 saturated heterocycles. The molecule has 2 N–H and O–H groups in total. The smallest absolute Gasteiger partial charge is 0.225 e. The van der Waals surface area contributed by atoms with E-state index in [0.29, 0.717) is 12.0 Å². The number of aromatic nitrogens is 2. The molecule has 23 heavy (non-hydrogen) atoms. The summed E-state index contributed by atoms with van der Waals surface area (Å²) in [4.78, 5) is 12.9. The number of hydrogen-bond acceptors (Lipinski definition) is 4. The molecule has 0 spiro atoms. The minimum absolute atomic E-state index is 0.0172. The fourth-order valence-corrected chi connectivity index (χ4v) is 4.81. The zero-order chi connectivity index (χ0) is 16.2. The number of nitrogens with one attached hydrogen (secondary N) is 2. The molecule has 3 fully saturated rings. The van der Waals surface area contributed by atoms with Crippen molar-refractivity contribution in [2.75, 3.05) is 19.7 Å². The Balaban J connectivity index is 1.46. The highest BCUT2D eigenvalue weighted by Gasteiger charge is 2.60. The number of carbonyl (C=O) groups excluding carboxylic acids is 1. The van der Waals surface area contributed by atoms with E-state index < -0.39 is 0 Å². The molecule has 3 unspecified atom stereocenters. The average Bonchev–Trinajstić information content (AvgIpc) is 3.23. The molecule has 126 valence electrons. The van der Waals surface area contributed by atoms with Crippen LogP contribution in [0.5, 0.6) is 0 Å². The monoisotopic (exact) mass is 318 g/mol. The van der Waals surface area contributed by atoms with E-state index in [1.807, 2.05) is 19.4 Å². The van der Waals surface area contributed by atoms with E-state index in [1.165, 1.54) is 0 Å². The van der Waals surface area contributed by atoms with Crippen molar-refractivity contribution >= 4 is 5.91 Å². The highest BCUT2D eigenvalue weighted by atomic mass is 16.5. The third-order valence-electron chi connectivity index (χ3n) is 6.10. The number of hydrogen-bond donors (Lipinski definition) is 2. The Labute approximate surface area is 137 Å². The van der Waals surface area contributed by atoms with E-state index in [9.17, 15) is 4.79 Å². The number of nitrogens with zero attached hydrogens (tertiary/aromatic N) is 2. The molecule has 1 aromatic rings. The lowest BCUT2D eigenvalue weighted by Gasteiger charge is -2.54. The minimum atomic E-state index is -0.0172.